The molecule has 16 heteroatoms. The van der Waals surface area contributed by atoms with Gasteiger partial charge in [-0.25, -0.2) is 14.8 Å². The number of morpholine rings is 1. The average Bonchev–Trinajstić information content (AvgIpc) is 3.45. The zero-order chi connectivity index (χ0) is 32.7. The van der Waals surface area contributed by atoms with Gasteiger partial charge in [-0.2, -0.15) is 0 Å². The number of aryl methyl sites for hydroxylation is 1. The topological polar surface area (TPSA) is 205 Å². The lowest BCUT2D eigenvalue weighted by Gasteiger charge is -2.37. The van der Waals surface area contributed by atoms with Crippen LogP contribution in [0.1, 0.15) is 48.2 Å². The van der Waals surface area contributed by atoms with E-state index in [0.717, 1.165) is 12.0 Å². The summed E-state index contributed by atoms with van der Waals surface area (Å²) in [5, 5.41) is 2.66. The molecule has 4 heterocycles. The Labute approximate surface area is 270 Å². The number of anilines is 2. The lowest BCUT2D eigenvalue weighted by molar-refractivity contribution is -0.155. The zero-order valence-electron chi connectivity index (χ0n) is 25.3. The monoisotopic (exact) mass is 656 g/mol. The number of amidine groups is 1. The quantitative estimate of drug-likeness (QED) is 0.325. The van der Waals surface area contributed by atoms with Crippen LogP contribution < -0.4 is 21.5 Å². The van der Waals surface area contributed by atoms with E-state index in [-0.39, 0.29) is 53.0 Å². The van der Waals surface area contributed by atoms with Gasteiger partial charge in [-0.05, 0) is 43.4 Å². The highest BCUT2D eigenvalue weighted by Crippen LogP contribution is 2.36. The number of carbonyl (C=O) groups excluding carboxylic acids is 4. The summed E-state index contributed by atoms with van der Waals surface area (Å²) >= 11 is 5.89. The number of halogens is 1. The minimum atomic E-state index is -0.632. The molecule has 0 aliphatic carbocycles. The molecule has 46 heavy (non-hydrogen) atoms. The fourth-order valence-electron chi connectivity index (χ4n) is 5.56. The van der Waals surface area contributed by atoms with Crippen molar-refractivity contribution in [2.75, 3.05) is 64.1 Å². The maximum Gasteiger partial charge on any atom is 0.344 e. The van der Waals surface area contributed by atoms with Gasteiger partial charge in [0, 0.05) is 39.0 Å². The van der Waals surface area contributed by atoms with Gasteiger partial charge >= 0.3 is 5.97 Å². The number of rotatable bonds is 9. The van der Waals surface area contributed by atoms with Gasteiger partial charge in [-0.3, -0.25) is 19.4 Å². The van der Waals surface area contributed by atoms with Crippen molar-refractivity contribution in [3.8, 4) is 5.75 Å². The molecule has 2 saturated heterocycles. The second-order valence-corrected chi connectivity index (χ2v) is 11.7. The molecule has 3 aliphatic rings. The van der Waals surface area contributed by atoms with Gasteiger partial charge in [0.15, 0.2) is 35.7 Å². The number of amides is 3. The summed E-state index contributed by atoms with van der Waals surface area (Å²) in [4.78, 5) is 65.8. The van der Waals surface area contributed by atoms with Gasteiger partial charge in [0.2, 0.25) is 5.91 Å². The van der Waals surface area contributed by atoms with E-state index < -0.39 is 11.9 Å². The maximum atomic E-state index is 13.0. The van der Waals surface area contributed by atoms with Crippen LogP contribution in [0.15, 0.2) is 29.3 Å². The Morgan fingerprint density at radius 2 is 1.61 bits per heavy atom. The molecule has 0 bridgehead atoms. The van der Waals surface area contributed by atoms with Gasteiger partial charge in [-0.1, -0.05) is 23.7 Å². The van der Waals surface area contributed by atoms with Crippen molar-refractivity contribution in [1.82, 2.24) is 25.1 Å². The molecule has 2 aromatic rings. The van der Waals surface area contributed by atoms with Crippen LogP contribution >= 0.6 is 11.6 Å². The second-order valence-electron chi connectivity index (χ2n) is 11.3. The number of nitrogen functional groups attached to an aromatic ring is 2. The molecule has 1 spiro atoms. The molecule has 5 N–H and O–H groups in total. The molecule has 0 atom stereocenters. The third-order valence-electron chi connectivity index (χ3n) is 8.25. The Hall–Kier alpha value is -4.50. The first-order valence-electron chi connectivity index (χ1n) is 15.1. The molecule has 246 valence electrons. The summed E-state index contributed by atoms with van der Waals surface area (Å²) in [5.74, 6) is -0.518. The van der Waals surface area contributed by atoms with Crippen molar-refractivity contribution < 1.29 is 33.4 Å². The number of hydrogen-bond acceptors (Lipinski definition) is 12. The van der Waals surface area contributed by atoms with Gasteiger partial charge in [0.25, 0.3) is 11.8 Å². The van der Waals surface area contributed by atoms with E-state index >= 15 is 0 Å². The van der Waals surface area contributed by atoms with E-state index in [9.17, 15) is 19.2 Å². The van der Waals surface area contributed by atoms with Crippen LogP contribution in [0.4, 0.5) is 11.6 Å². The highest BCUT2D eigenvalue weighted by Gasteiger charge is 2.39. The Balaban J connectivity index is 1.01. The van der Waals surface area contributed by atoms with E-state index in [0.29, 0.717) is 83.1 Å². The number of benzene rings is 1. The first-order valence-corrected chi connectivity index (χ1v) is 15.5. The van der Waals surface area contributed by atoms with E-state index in [2.05, 4.69) is 15.3 Å². The first-order chi connectivity index (χ1) is 22.1. The standard InChI is InChI=1S/C30H37ClN8O7/c31-26-28(33)36-27(32)25(35-26)29(43)34-21-7-8-30(37-21)9-11-38(12-10-30)22(40)6-3-19-1-4-20(5-2-19)45-18-24(42)46-17-23(41)39-13-15-44-16-14-39/h1-2,4-5H,3,6-18H2,(H4,32,33,36)(H,34,37,43). The van der Waals surface area contributed by atoms with Crippen LogP contribution in [0.25, 0.3) is 0 Å². The van der Waals surface area contributed by atoms with Crippen LogP contribution in [0, 0.1) is 0 Å². The summed E-state index contributed by atoms with van der Waals surface area (Å²) in [5.41, 5.74) is 11.9. The Morgan fingerprint density at radius 3 is 2.33 bits per heavy atom. The van der Waals surface area contributed by atoms with E-state index in [1.807, 2.05) is 17.0 Å². The average molecular weight is 657 g/mol. The minimum absolute atomic E-state index is 0.0513. The molecule has 1 aromatic heterocycles. The number of piperidine rings is 1. The molecule has 3 aliphatic heterocycles. The number of ether oxygens (including phenoxy) is 3. The predicted octanol–water partition coefficient (Wildman–Crippen LogP) is 0.991. The van der Waals surface area contributed by atoms with Gasteiger partial charge in [0.1, 0.15) is 11.6 Å². The molecular formula is C30H37ClN8O7. The Morgan fingerprint density at radius 1 is 0.913 bits per heavy atom. The summed E-state index contributed by atoms with van der Waals surface area (Å²) in [6.45, 7) is 2.44. The molecule has 0 saturated carbocycles. The van der Waals surface area contributed by atoms with Crippen molar-refractivity contribution in [2.45, 2.75) is 44.1 Å². The molecule has 1 aromatic carbocycles. The SMILES string of the molecule is Nc1nc(N)c(C(=O)NC2=NC3(CC2)CCN(C(=O)CCc2ccc(OCC(=O)OCC(=O)N4CCOCC4)cc2)CC3)nc1Cl. The fourth-order valence-corrected chi connectivity index (χ4v) is 5.69. The third kappa shape index (κ3) is 8.40. The van der Waals surface area contributed by atoms with Crippen molar-refractivity contribution in [3.63, 3.8) is 0 Å². The predicted molar refractivity (Wildman–Crippen MR) is 167 cm³/mol. The number of nitrogens with one attached hydrogen (secondary N) is 1. The summed E-state index contributed by atoms with van der Waals surface area (Å²) in [7, 11) is 0. The molecule has 0 unspecified atom stereocenters. The molecule has 0 radical (unpaired) electrons. The summed E-state index contributed by atoms with van der Waals surface area (Å²) in [6, 6.07) is 7.16. The summed E-state index contributed by atoms with van der Waals surface area (Å²) < 4.78 is 15.7. The minimum Gasteiger partial charge on any atom is -0.482 e. The molecule has 2 fully saturated rings. The van der Waals surface area contributed by atoms with Crippen molar-refractivity contribution in [1.29, 1.82) is 0 Å². The van der Waals surface area contributed by atoms with Crippen LogP contribution in [0.5, 0.6) is 5.75 Å². The molecular weight excluding hydrogens is 620 g/mol. The number of nitrogens with two attached hydrogens (primary N) is 2. The van der Waals surface area contributed by atoms with Crippen LogP contribution in [0.3, 0.4) is 0 Å². The lowest BCUT2D eigenvalue weighted by Crippen LogP contribution is -2.45. The first kappa shape index (κ1) is 32.9. The highest BCUT2D eigenvalue weighted by molar-refractivity contribution is 6.31. The van der Waals surface area contributed by atoms with Crippen molar-refractivity contribution >= 4 is 52.8 Å². The maximum absolute atomic E-state index is 13.0. The normalized spacial score (nSPS) is 17.4. The van der Waals surface area contributed by atoms with Crippen LogP contribution in [-0.4, -0.2) is 107 Å². The number of aliphatic imine (C=N–C) groups is 1. The van der Waals surface area contributed by atoms with Crippen LogP contribution in [0.2, 0.25) is 5.15 Å². The Kier molecular flexibility index (Phi) is 10.5. The fraction of sp³-hybridized carbons (Fsp3) is 0.500. The van der Waals surface area contributed by atoms with E-state index in [1.54, 1.807) is 17.0 Å². The molecule has 5 rings (SSSR count). The lowest BCUT2D eigenvalue weighted by atomic mass is 9.86. The molecule has 15 nitrogen and oxygen atoms in total. The van der Waals surface area contributed by atoms with Crippen molar-refractivity contribution in [3.05, 3.63) is 40.7 Å². The number of likely N-dealkylation sites (tertiary alicyclic amines) is 1. The largest absolute Gasteiger partial charge is 0.482 e. The van der Waals surface area contributed by atoms with Gasteiger partial charge in [-0.15, -0.1) is 0 Å². The van der Waals surface area contributed by atoms with Gasteiger partial charge in [0.05, 0.1) is 18.8 Å². The zero-order valence-corrected chi connectivity index (χ0v) is 26.1. The number of esters is 1. The van der Waals surface area contributed by atoms with E-state index in [1.165, 1.54) is 0 Å². The van der Waals surface area contributed by atoms with Crippen molar-refractivity contribution in [2.24, 2.45) is 4.99 Å². The Bertz CT molecular complexity index is 1490. The van der Waals surface area contributed by atoms with Crippen LogP contribution in [-0.2, 0) is 30.3 Å². The highest BCUT2D eigenvalue weighted by atomic mass is 35.5. The number of aromatic nitrogens is 2. The number of nitrogens with zero attached hydrogens (tertiary/aromatic N) is 5. The van der Waals surface area contributed by atoms with E-state index in [4.69, 9.17) is 42.3 Å². The number of carbonyl (C=O) groups is 4. The molecule has 3 amide bonds. The number of hydrogen-bond donors (Lipinski definition) is 3. The van der Waals surface area contributed by atoms with Gasteiger partial charge < -0.3 is 40.8 Å². The third-order valence-corrected chi connectivity index (χ3v) is 8.53. The smallest absolute Gasteiger partial charge is 0.344 e. The second kappa shape index (κ2) is 14.7. The summed E-state index contributed by atoms with van der Waals surface area (Å²) in [6.07, 6.45) is 3.67.